The first kappa shape index (κ1) is 13.2. The molecular weight excluding hydrogens is 252 g/mol. The molecule has 98 valence electrons. The van der Waals surface area contributed by atoms with E-state index in [1.165, 1.54) is 0 Å². The van der Waals surface area contributed by atoms with E-state index in [9.17, 15) is 4.79 Å². The van der Waals surface area contributed by atoms with Crippen LogP contribution < -0.4 is 4.90 Å². The van der Waals surface area contributed by atoms with Gasteiger partial charge in [-0.3, -0.25) is 9.69 Å². The number of hydrogen-bond acceptors (Lipinski definition) is 3. The van der Waals surface area contributed by atoms with E-state index in [0.717, 1.165) is 36.9 Å². The van der Waals surface area contributed by atoms with E-state index >= 15 is 0 Å². The highest BCUT2D eigenvalue weighted by molar-refractivity contribution is 6.33. The maximum absolute atomic E-state index is 10.9. The molecule has 1 atom stereocenters. The highest BCUT2D eigenvalue weighted by atomic mass is 35.5. The van der Waals surface area contributed by atoms with Crippen LogP contribution in [0.1, 0.15) is 6.92 Å². The van der Waals surface area contributed by atoms with Crippen molar-refractivity contribution in [3.8, 4) is 0 Å². The normalized spacial score (nSPS) is 18.7. The number of para-hydroxylation sites is 1. The Bertz CT molecular complexity index is 431. The fraction of sp³-hybridized carbons (Fsp3) is 0.462. The van der Waals surface area contributed by atoms with E-state index in [2.05, 4.69) is 4.90 Å². The van der Waals surface area contributed by atoms with Gasteiger partial charge in [0.1, 0.15) is 6.04 Å². The smallest absolute Gasteiger partial charge is 0.320 e. The Morgan fingerprint density at radius 1 is 1.28 bits per heavy atom. The molecule has 1 unspecified atom stereocenters. The average molecular weight is 269 g/mol. The summed E-state index contributed by atoms with van der Waals surface area (Å²) in [5.41, 5.74) is 1.03. The number of nitrogens with zero attached hydrogens (tertiary/aromatic N) is 2. The van der Waals surface area contributed by atoms with Crippen LogP contribution in [0.5, 0.6) is 0 Å². The number of benzene rings is 1. The predicted octanol–water partition coefficient (Wildman–Crippen LogP) is 1.94. The Morgan fingerprint density at radius 2 is 1.89 bits per heavy atom. The van der Waals surface area contributed by atoms with Crippen molar-refractivity contribution >= 4 is 23.3 Å². The van der Waals surface area contributed by atoms with E-state index in [4.69, 9.17) is 16.7 Å². The first-order valence-corrected chi connectivity index (χ1v) is 6.43. The molecule has 0 amide bonds. The number of aliphatic carboxylic acids is 1. The molecule has 0 aromatic heterocycles. The van der Waals surface area contributed by atoms with Gasteiger partial charge in [0.2, 0.25) is 0 Å². The van der Waals surface area contributed by atoms with Crippen molar-refractivity contribution in [3.63, 3.8) is 0 Å². The largest absolute Gasteiger partial charge is 0.480 e. The van der Waals surface area contributed by atoms with Gasteiger partial charge >= 0.3 is 5.97 Å². The van der Waals surface area contributed by atoms with Gasteiger partial charge in [-0.1, -0.05) is 23.7 Å². The lowest BCUT2D eigenvalue weighted by Crippen LogP contribution is -2.51. The first-order chi connectivity index (χ1) is 8.59. The van der Waals surface area contributed by atoms with E-state index in [1.54, 1.807) is 6.92 Å². The number of rotatable bonds is 3. The Kier molecular flexibility index (Phi) is 4.09. The third kappa shape index (κ3) is 2.76. The van der Waals surface area contributed by atoms with Crippen LogP contribution >= 0.6 is 11.6 Å². The summed E-state index contributed by atoms with van der Waals surface area (Å²) in [6.07, 6.45) is 0. The molecule has 2 rings (SSSR count). The van der Waals surface area contributed by atoms with Crippen LogP contribution in [0, 0.1) is 0 Å². The Labute approximate surface area is 112 Å². The zero-order valence-corrected chi connectivity index (χ0v) is 11.1. The van der Waals surface area contributed by atoms with Crippen LogP contribution in [-0.4, -0.2) is 48.2 Å². The van der Waals surface area contributed by atoms with Crippen LogP contribution in [0.3, 0.4) is 0 Å². The first-order valence-electron chi connectivity index (χ1n) is 6.06. The molecule has 1 N–H and O–H groups in total. The van der Waals surface area contributed by atoms with Crippen molar-refractivity contribution in [1.29, 1.82) is 0 Å². The summed E-state index contributed by atoms with van der Waals surface area (Å²) in [7, 11) is 0. The lowest BCUT2D eigenvalue weighted by Gasteiger charge is -2.38. The van der Waals surface area contributed by atoms with Gasteiger partial charge in [-0.25, -0.2) is 0 Å². The van der Waals surface area contributed by atoms with Crippen LogP contribution in [0.4, 0.5) is 5.69 Å². The van der Waals surface area contributed by atoms with Crippen LogP contribution in [-0.2, 0) is 4.79 Å². The van der Waals surface area contributed by atoms with E-state index in [-0.39, 0.29) is 0 Å². The molecule has 0 radical (unpaired) electrons. The zero-order chi connectivity index (χ0) is 13.1. The Balaban J connectivity index is 1.99. The molecule has 0 aliphatic carbocycles. The second-order valence-electron chi connectivity index (χ2n) is 4.49. The summed E-state index contributed by atoms with van der Waals surface area (Å²) in [5, 5.41) is 9.73. The number of halogens is 1. The molecule has 1 aromatic carbocycles. The highest BCUT2D eigenvalue weighted by Gasteiger charge is 2.25. The molecule has 4 nitrogen and oxygen atoms in total. The van der Waals surface area contributed by atoms with Crippen LogP contribution in [0.2, 0.25) is 5.02 Å². The molecular formula is C13H17ClN2O2. The molecule has 18 heavy (non-hydrogen) atoms. The number of carboxylic acid groups (broad SMARTS) is 1. The van der Waals surface area contributed by atoms with Gasteiger partial charge in [-0.15, -0.1) is 0 Å². The maximum atomic E-state index is 10.9. The number of hydrogen-bond donors (Lipinski definition) is 1. The monoisotopic (exact) mass is 268 g/mol. The van der Waals surface area contributed by atoms with Crippen molar-refractivity contribution < 1.29 is 9.90 Å². The number of carbonyl (C=O) groups is 1. The van der Waals surface area contributed by atoms with Crippen molar-refractivity contribution in [2.75, 3.05) is 31.1 Å². The van der Waals surface area contributed by atoms with Gasteiger partial charge in [-0.2, -0.15) is 0 Å². The van der Waals surface area contributed by atoms with Gasteiger partial charge in [0, 0.05) is 26.2 Å². The minimum absolute atomic E-state index is 0.418. The fourth-order valence-electron chi connectivity index (χ4n) is 2.21. The van der Waals surface area contributed by atoms with E-state index in [1.807, 2.05) is 29.2 Å². The van der Waals surface area contributed by atoms with E-state index in [0.29, 0.717) is 0 Å². The third-order valence-corrected chi connectivity index (χ3v) is 3.73. The predicted molar refractivity (Wildman–Crippen MR) is 72.3 cm³/mol. The molecule has 0 spiro atoms. The molecule has 5 heteroatoms. The number of piperazine rings is 1. The number of carboxylic acids is 1. The number of anilines is 1. The van der Waals surface area contributed by atoms with Crippen molar-refractivity contribution in [2.24, 2.45) is 0 Å². The highest BCUT2D eigenvalue weighted by Crippen LogP contribution is 2.26. The molecule has 1 aromatic rings. The third-order valence-electron chi connectivity index (χ3n) is 3.41. The molecule has 1 aliphatic rings. The minimum atomic E-state index is -0.763. The van der Waals surface area contributed by atoms with Crippen LogP contribution in [0.15, 0.2) is 24.3 Å². The van der Waals surface area contributed by atoms with E-state index < -0.39 is 12.0 Å². The standard InChI is InChI=1S/C13H17ClN2O2/c1-10(13(17)18)15-6-8-16(9-7-15)12-5-3-2-4-11(12)14/h2-5,10H,6-9H2,1H3,(H,17,18). The zero-order valence-electron chi connectivity index (χ0n) is 10.3. The summed E-state index contributed by atoms with van der Waals surface area (Å²) in [6, 6.07) is 7.34. The summed E-state index contributed by atoms with van der Waals surface area (Å²) >= 11 is 6.16. The molecule has 1 heterocycles. The second-order valence-corrected chi connectivity index (χ2v) is 4.90. The molecule has 1 saturated heterocycles. The van der Waals surface area contributed by atoms with Gasteiger partial charge in [0.15, 0.2) is 0 Å². The topological polar surface area (TPSA) is 43.8 Å². The second kappa shape index (κ2) is 5.59. The van der Waals surface area contributed by atoms with Gasteiger partial charge in [0.25, 0.3) is 0 Å². The molecule has 0 bridgehead atoms. The van der Waals surface area contributed by atoms with Crippen molar-refractivity contribution in [2.45, 2.75) is 13.0 Å². The van der Waals surface area contributed by atoms with Crippen LogP contribution in [0.25, 0.3) is 0 Å². The Morgan fingerprint density at radius 3 is 2.44 bits per heavy atom. The van der Waals surface area contributed by atoms with Gasteiger partial charge < -0.3 is 10.0 Å². The summed E-state index contributed by atoms with van der Waals surface area (Å²) < 4.78 is 0. The SMILES string of the molecule is CC(C(=O)O)N1CCN(c2ccccc2Cl)CC1. The lowest BCUT2D eigenvalue weighted by molar-refractivity contribution is -0.142. The summed E-state index contributed by atoms with van der Waals surface area (Å²) in [6.45, 7) is 4.84. The minimum Gasteiger partial charge on any atom is -0.480 e. The van der Waals surface area contributed by atoms with Gasteiger partial charge in [0.05, 0.1) is 10.7 Å². The molecule has 1 fully saturated rings. The fourth-order valence-corrected chi connectivity index (χ4v) is 2.47. The Hall–Kier alpha value is -1.26. The van der Waals surface area contributed by atoms with Crippen molar-refractivity contribution in [1.82, 2.24) is 4.90 Å². The lowest BCUT2D eigenvalue weighted by atomic mass is 10.2. The van der Waals surface area contributed by atoms with Gasteiger partial charge in [-0.05, 0) is 19.1 Å². The van der Waals surface area contributed by atoms with Crippen molar-refractivity contribution in [3.05, 3.63) is 29.3 Å². The molecule has 0 saturated carbocycles. The quantitative estimate of drug-likeness (QED) is 0.910. The summed E-state index contributed by atoms with van der Waals surface area (Å²) in [5.74, 6) is -0.763. The molecule has 1 aliphatic heterocycles. The average Bonchev–Trinajstić information content (AvgIpc) is 2.38. The summed E-state index contributed by atoms with van der Waals surface area (Å²) in [4.78, 5) is 15.1. The maximum Gasteiger partial charge on any atom is 0.320 e.